The molecule has 4 aromatic heterocycles. The number of nitrogens with one attached hydrogen (secondary N) is 2. The predicted molar refractivity (Wildman–Crippen MR) is 235 cm³/mol. The molecule has 2 aliphatic carbocycles. The average molecular weight is 955 g/mol. The molecule has 8 rings (SSSR count). The molecule has 14 nitrogen and oxygen atoms in total. The van der Waals surface area contributed by atoms with Crippen molar-refractivity contribution in [2.45, 2.75) is 88.8 Å². The van der Waals surface area contributed by atoms with Gasteiger partial charge in [-0.1, -0.05) is 12.1 Å². The highest BCUT2D eigenvalue weighted by atomic mass is 32.1. The summed E-state index contributed by atoms with van der Waals surface area (Å²) in [5.41, 5.74) is 10.9. The highest BCUT2D eigenvalue weighted by Crippen LogP contribution is 2.45. The van der Waals surface area contributed by atoms with Gasteiger partial charge in [-0.3, -0.25) is 9.59 Å². The van der Waals surface area contributed by atoms with E-state index in [1.807, 2.05) is 26.0 Å². The third kappa shape index (κ3) is 11.5. The first kappa shape index (κ1) is 47.9. The first-order valence-electron chi connectivity index (χ1n) is 20.6. The Hall–Kier alpha value is -6.10. The minimum absolute atomic E-state index is 0.160. The summed E-state index contributed by atoms with van der Waals surface area (Å²) < 4.78 is 77.6. The number of rotatable bonds is 10. The van der Waals surface area contributed by atoms with Gasteiger partial charge >= 0.3 is 12.4 Å². The summed E-state index contributed by atoms with van der Waals surface area (Å²) in [7, 11) is 0. The second-order valence-corrected chi connectivity index (χ2v) is 18.5. The lowest BCUT2D eigenvalue weighted by molar-refractivity contribution is -0.141. The van der Waals surface area contributed by atoms with Gasteiger partial charge in [0, 0.05) is 48.0 Å². The number of alkyl halides is 6. The van der Waals surface area contributed by atoms with Gasteiger partial charge in [-0.15, -0.1) is 22.7 Å². The van der Waals surface area contributed by atoms with Crippen molar-refractivity contribution in [3.05, 3.63) is 106 Å². The SMILES string of the molecule is Cc1cc(Nc2nccc(C(F)(F)F)n2)cc(-c2cnc(C3(O)CCC(C(N)=O)CC3)s2)c1.Cc1cc(Nc2nccc(C(F)(F)F)n2)cc(-c2cnc(C3(O)CCC(C(N)=O)CC3)s2)c1. The van der Waals surface area contributed by atoms with Crippen molar-refractivity contribution in [3.8, 4) is 20.9 Å². The van der Waals surface area contributed by atoms with E-state index in [1.165, 1.54) is 22.7 Å². The Labute approximate surface area is 382 Å². The Kier molecular flexibility index (Phi) is 13.8. The number of carbonyl (C=O) groups excluding carboxylic acids is 2. The Morgan fingerprint density at radius 3 is 1.32 bits per heavy atom. The van der Waals surface area contributed by atoms with Crippen LogP contribution in [-0.4, -0.2) is 51.9 Å². The zero-order valence-corrected chi connectivity index (χ0v) is 37.0. The molecule has 2 amide bonds. The van der Waals surface area contributed by atoms with E-state index in [1.54, 1.807) is 36.7 Å². The summed E-state index contributed by atoms with van der Waals surface area (Å²) in [5, 5.41) is 28.9. The summed E-state index contributed by atoms with van der Waals surface area (Å²) in [6, 6.07) is 12.5. The molecule has 66 heavy (non-hydrogen) atoms. The van der Waals surface area contributed by atoms with Gasteiger partial charge in [0.2, 0.25) is 23.7 Å². The summed E-state index contributed by atoms with van der Waals surface area (Å²) >= 11 is 2.69. The number of nitrogens with zero attached hydrogens (tertiary/aromatic N) is 6. The van der Waals surface area contributed by atoms with Crippen LogP contribution in [0.5, 0.6) is 0 Å². The van der Waals surface area contributed by atoms with Crippen molar-refractivity contribution in [1.82, 2.24) is 29.9 Å². The molecule has 8 N–H and O–H groups in total. The molecular formula is C44H44F6N10O4S2. The van der Waals surface area contributed by atoms with Gasteiger partial charge in [-0.2, -0.15) is 26.3 Å². The first-order valence-corrected chi connectivity index (χ1v) is 22.2. The number of primary amides is 2. The smallest absolute Gasteiger partial charge is 0.383 e. The lowest BCUT2D eigenvalue weighted by Gasteiger charge is -2.33. The molecule has 0 spiro atoms. The molecule has 348 valence electrons. The van der Waals surface area contributed by atoms with Gasteiger partial charge in [0.15, 0.2) is 0 Å². The number of hydrogen-bond donors (Lipinski definition) is 6. The number of aliphatic hydroxyl groups is 2. The van der Waals surface area contributed by atoms with Crippen molar-refractivity contribution in [1.29, 1.82) is 0 Å². The zero-order valence-electron chi connectivity index (χ0n) is 35.4. The summed E-state index contributed by atoms with van der Waals surface area (Å²) in [6.07, 6.45) is -0.0335. The molecular weight excluding hydrogens is 911 g/mol. The molecule has 2 saturated carbocycles. The van der Waals surface area contributed by atoms with Crippen LogP contribution in [0.4, 0.5) is 49.6 Å². The fourth-order valence-electron chi connectivity index (χ4n) is 7.84. The minimum Gasteiger partial charge on any atom is -0.383 e. The van der Waals surface area contributed by atoms with Crippen molar-refractivity contribution < 1.29 is 46.1 Å². The Balaban J connectivity index is 0.000000196. The second-order valence-electron chi connectivity index (χ2n) is 16.4. The van der Waals surface area contributed by atoms with Crippen LogP contribution in [0.3, 0.4) is 0 Å². The number of thiazole rings is 2. The van der Waals surface area contributed by atoms with Gasteiger partial charge in [-0.25, -0.2) is 29.9 Å². The van der Waals surface area contributed by atoms with Crippen LogP contribution in [0.15, 0.2) is 73.3 Å². The molecule has 0 atom stereocenters. The van der Waals surface area contributed by atoms with E-state index < -0.39 is 34.9 Å². The molecule has 0 unspecified atom stereocenters. The molecule has 22 heteroatoms. The lowest BCUT2D eigenvalue weighted by atomic mass is 9.79. The third-order valence-electron chi connectivity index (χ3n) is 11.4. The standard InChI is InChI=1S/2C22H22F3N5O2S/c2*1-12-8-14(10-15(9-12)29-20-27-7-4-17(30-20)22(23,24)25)16-11-28-19(33-16)21(32)5-2-13(3-6-21)18(26)31/h2*4,7-11,13,32H,2-3,5-6H2,1H3,(H2,26,31)(H,27,29,30). The number of hydrogen-bond acceptors (Lipinski definition) is 14. The summed E-state index contributed by atoms with van der Waals surface area (Å²) in [6.45, 7) is 3.73. The number of benzene rings is 2. The van der Waals surface area contributed by atoms with E-state index in [0.717, 1.165) is 56.5 Å². The maximum Gasteiger partial charge on any atom is 0.433 e. The highest BCUT2D eigenvalue weighted by Gasteiger charge is 2.40. The van der Waals surface area contributed by atoms with E-state index in [2.05, 4.69) is 40.5 Å². The predicted octanol–water partition coefficient (Wildman–Crippen LogP) is 9.07. The van der Waals surface area contributed by atoms with Crippen molar-refractivity contribution in [2.24, 2.45) is 23.3 Å². The molecule has 4 heterocycles. The average Bonchev–Trinajstić information content (AvgIpc) is 3.97. The fraction of sp³-hybridized carbons (Fsp3) is 0.364. The molecule has 0 radical (unpaired) electrons. The van der Waals surface area contributed by atoms with Crippen LogP contribution >= 0.6 is 22.7 Å². The molecule has 0 aliphatic heterocycles. The van der Waals surface area contributed by atoms with Crippen molar-refractivity contribution in [2.75, 3.05) is 10.6 Å². The van der Waals surface area contributed by atoms with Crippen LogP contribution in [0, 0.1) is 25.7 Å². The number of carbonyl (C=O) groups is 2. The van der Waals surface area contributed by atoms with Crippen LogP contribution in [-0.2, 0) is 33.1 Å². The zero-order chi connectivity index (χ0) is 47.6. The fourth-order valence-corrected chi connectivity index (χ4v) is 9.94. The number of halogens is 6. The number of aryl methyl sites for hydroxylation is 2. The lowest BCUT2D eigenvalue weighted by Crippen LogP contribution is -2.35. The monoisotopic (exact) mass is 954 g/mol. The number of nitrogens with two attached hydrogens (primary N) is 2. The molecule has 2 aliphatic rings. The number of aromatic nitrogens is 6. The Bertz CT molecular complexity index is 2530. The van der Waals surface area contributed by atoms with E-state index >= 15 is 0 Å². The van der Waals surface area contributed by atoms with Crippen LogP contribution in [0.25, 0.3) is 20.9 Å². The number of anilines is 4. The molecule has 0 saturated heterocycles. The molecule has 6 aromatic rings. The first-order chi connectivity index (χ1) is 31.1. The van der Waals surface area contributed by atoms with Crippen LogP contribution < -0.4 is 22.1 Å². The third-order valence-corrected chi connectivity index (χ3v) is 13.8. The van der Waals surface area contributed by atoms with Crippen LogP contribution in [0.1, 0.15) is 83.9 Å². The summed E-state index contributed by atoms with van der Waals surface area (Å²) in [5.74, 6) is -1.47. The number of amides is 2. The largest absolute Gasteiger partial charge is 0.433 e. The molecule has 2 aromatic carbocycles. The highest BCUT2D eigenvalue weighted by molar-refractivity contribution is 7.15. The van der Waals surface area contributed by atoms with Crippen molar-refractivity contribution in [3.63, 3.8) is 0 Å². The summed E-state index contributed by atoms with van der Waals surface area (Å²) in [4.78, 5) is 48.1. The van der Waals surface area contributed by atoms with E-state index in [9.17, 15) is 46.1 Å². The maximum absolute atomic E-state index is 12.9. The Morgan fingerprint density at radius 2 is 0.985 bits per heavy atom. The van der Waals surface area contributed by atoms with Gasteiger partial charge in [-0.05, 0) is 124 Å². The van der Waals surface area contributed by atoms with Crippen LogP contribution in [0.2, 0.25) is 0 Å². The van der Waals surface area contributed by atoms with E-state index in [4.69, 9.17) is 11.5 Å². The van der Waals surface area contributed by atoms with Gasteiger partial charge in [0.25, 0.3) is 0 Å². The molecule has 2 fully saturated rings. The van der Waals surface area contributed by atoms with Gasteiger partial charge in [0.1, 0.15) is 32.6 Å². The van der Waals surface area contributed by atoms with E-state index in [0.29, 0.717) is 72.8 Å². The van der Waals surface area contributed by atoms with Crippen molar-refractivity contribution >= 4 is 57.8 Å². The molecule has 0 bridgehead atoms. The second kappa shape index (κ2) is 19.0. The Morgan fingerprint density at radius 1 is 0.621 bits per heavy atom. The minimum atomic E-state index is -4.56. The quantitative estimate of drug-likeness (QED) is 0.0707. The topological polar surface area (TPSA) is 228 Å². The maximum atomic E-state index is 12.9. The normalized spacial score (nSPS) is 21.1. The van der Waals surface area contributed by atoms with Gasteiger partial charge < -0.3 is 32.3 Å². The van der Waals surface area contributed by atoms with E-state index in [-0.39, 0.29) is 35.5 Å². The van der Waals surface area contributed by atoms with Gasteiger partial charge in [0.05, 0.1) is 9.75 Å².